The van der Waals surface area contributed by atoms with Crippen molar-refractivity contribution in [3.63, 3.8) is 0 Å². The lowest BCUT2D eigenvalue weighted by molar-refractivity contribution is 0.400. The zero-order valence-electron chi connectivity index (χ0n) is 12.1. The molecule has 1 N–H and O–H groups in total. The minimum atomic E-state index is 0.583. The summed E-state index contributed by atoms with van der Waals surface area (Å²) in [4.78, 5) is 8.94. The number of nitrogens with zero attached hydrogens (tertiary/aromatic N) is 2. The summed E-state index contributed by atoms with van der Waals surface area (Å²) in [5, 5.41) is 3.15. The third kappa shape index (κ3) is 2.96. The second-order valence-corrected chi connectivity index (χ2v) is 4.24. The maximum atomic E-state index is 5.29. The molecule has 0 spiro atoms. The number of anilines is 1. The van der Waals surface area contributed by atoms with Gasteiger partial charge >= 0.3 is 0 Å². The summed E-state index contributed by atoms with van der Waals surface area (Å²) in [5.74, 6) is 0.583. The van der Waals surface area contributed by atoms with Crippen LogP contribution in [0.15, 0.2) is 47.6 Å². The van der Waals surface area contributed by atoms with E-state index < -0.39 is 0 Å². The van der Waals surface area contributed by atoms with E-state index in [-0.39, 0.29) is 0 Å². The predicted octanol–water partition coefficient (Wildman–Crippen LogP) is 3.66. The van der Waals surface area contributed by atoms with Crippen molar-refractivity contribution in [2.24, 2.45) is 4.99 Å². The van der Waals surface area contributed by atoms with Crippen LogP contribution < -0.4 is 10.1 Å². The van der Waals surface area contributed by atoms with E-state index in [1.807, 2.05) is 43.4 Å². The Labute approximate surface area is 119 Å². The van der Waals surface area contributed by atoms with Crippen LogP contribution in [0.1, 0.15) is 18.9 Å². The van der Waals surface area contributed by atoms with Gasteiger partial charge in [-0.25, -0.2) is 4.98 Å². The highest BCUT2D eigenvalue weighted by Crippen LogP contribution is 2.27. The number of pyridine rings is 1. The summed E-state index contributed by atoms with van der Waals surface area (Å²) in [7, 11) is 3.48. The van der Waals surface area contributed by atoms with Gasteiger partial charge in [0.1, 0.15) is 5.69 Å². The Bertz CT molecular complexity index is 594. The molecule has 0 atom stereocenters. The number of para-hydroxylation sites is 1. The van der Waals surface area contributed by atoms with Crippen molar-refractivity contribution in [1.82, 2.24) is 4.98 Å². The summed E-state index contributed by atoms with van der Waals surface area (Å²) in [6.45, 7) is 2.09. The van der Waals surface area contributed by atoms with Gasteiger partial charge in [0.2, 0.25) is 5.88 Å². The van der Waals surface area contributed by atoms with Gasteiger partial charge in [-0.15, -0.1) is 0 Å². The van der Waals surface area contributed by atoms with Crippen molar-refractivity contribution in [2.75, 3.05) is 19.5 Å². The summed E-state index contributed by atoms with van der Waals surface area (Å²) >= 11 is 0. The topological polar surface area (TPSA) is 46.5 Å². The van der Waals surface area contributed by atoms with Crippen LogP contribution in [-0.4, -0.2) is 24.9 Å². The molecule has 104 valence electrons. The monoisotopic (exact) mass is 269 g/mol. The molecule has 0 aliphatic carbocycles. The van der Waals surface area contributed by atoms with Crippen LogP contribution in [0.5, 0.6) is 5.88 Å². The molecule has 0 aliphatic rings. The number of aromatic nitrogens is 1. The Kier molecular flexibility index (Phi) is 4.71. The van der Waals surface area contributed by atoms with Crippen molar-refractivity contribution in [2.45, 2.75) is 13.3 Å². The molecular formula is C16H19N3O. The molecule has 0 aliphatic heterocycles. The fraction of sp³-hybridized carbons (Fsp3) is 0.250. The van der Waals surface area contributed by atoms with Gasteiger partial charge in [-0.2, -0.15) is 0 Å². The van der Waals surface area contributed by atoms with Crippen molar-refractivity contribution in [3.05, 3.63) is 48.2 Å². The lowest BCUT2D eigenvalue weighted by atomic mass is 10.1. The molecule has 4 nitrogen and oxygen atoms in total. The van der Waals surface area contributed by atoms with E-state index in [9.17, 15) is 0 Å². The van der Waals surface area contributed by atoms with Gasteiger partial charge in [0.15, 0.2) is 0 Å². The molecule has 20 heavy (non-hydrogen) atoms. The van der Waals surface area contributed by atoms with E-state index in [1.165, 1.54) is 0 Å². The number of ether oxygens (including phenoxy) is 1. The fourth-order valence-corrected chi connectivity index (χ4v) is 2.07. The van der Waals surface area contributed by atoms with Crippen molar-refractivity contribution >= 4 is 17.1 Å². The molecule has 2 aromatic rings. The van der Waals surface area contributed by atoms with E-state index in [0.29, 0.717) is 5.88 Å². The van der Waals surface area contributed by atoms with E-state index >= 15 is 0 Å². The quantitative estimate of drug-likeness (QED) is 0.842. The Morgan fingerprint density at radius 3 is 2.60 bits per heavy atom. The first-order valence-corrected chi connectivity index (χ1v) is 6.63. The average molecular weight is 269 g/mol. The van der Waals surface area contributed by atoms with Crippen LogP contribution in [0.25, 0.3) is 0 Å². The first kappa shape index (κ1) is 14.1. The number of hydrogen-bond acceptors (Lipinski definition) is 4. The molecule has 0 unspecified atom stereocenters. The molecule has 0 fully saturated rings. The smallest absolute Gasteiger partial charge is 0.237 e. The molecule has 1 aromatic carbocycles. The van der Waals surface area contributed by atoms with Crippen molar-refractivity contribution < 1.29 is 4.74 Å². The van der Waals surface area contributed by atoms with Crippen LogP contribution in [0, 0.1) is 0 Å². The number of aliphatic imine (C=N–C) groups is 1. The number of rotatable bonds is 5. The van der Waals surface area contributed by atoms with E-state index in [0.717, 1.165) is 29.1 Å². The molecular weight excluding hydrogens is 250 g/mol. The van der Waals surface area contributed by atoms with Crippen LogP contribution in [-0.2, 0) is 0 Å². The Morgan fingerprint density at radius 1 is 1.25 bits per heavy atom. The lowest BCUT2D eigenvalue weighted by Gasteiger charge is -2.13. The van der Waals surface area contributed by atoms with Crippen molar-refractivity contribution in [1.29, 1.82) is 0 Å². The Balaban J connectivity index is 2.50. The summed E-state index contributed by atoms with van der Waals surface area (Å²) < 4.78 is 5.29. The average Bonchev–Trinajstić information content (AvgIpc) is 2.52. The van der Waals surface area contributed by atoms with E-state index in [2.05, 4.69) is 17.2 Å². The first-order chi connectivity index (χ1) is 9.80. The van der Waals surface area contributed by atoms with E-state index in [1.54, 1.807) is 13.3 Å². The van der Waals surface area contributed by atoms with Crippen LogP contribution in [0.4, 0.5) is 11.4 Å². The van der Waals surface area contributed by atoms with Crippen molar-refractivity contribution in [3.8, 4) is 5.88 Å². The molecule has 1 aromatic heterocycles. The highest BCUT2D eigenvalue weighted by atomic mass is 16.5. The first-order valence-electron chi connectivity index (χ1n) is 6.63. The molecule has 0 bridgehead atoms. The lowest BCUT2D eigenvalue weighted by Crippen LogP contribution is -2.06. The third-order valence-corrected chi connectivity index (χ3v) is 3.03. The zero-order valence-corrected chi connectivity index (χ0v) is 12.1. The number of benzene rings is 1. The third-order valence-electron chi connectivity index (χ3n) is 3.03. The normalized spacial score (nSPS) is 11.2. The highest BCUT2D eigenvalue weighted by molar-refractivity contribution is 6.06. The minimum Gasteiger partial charge on any atom is -0.480 e. The van der Waals surface area contributed by atoms with Gasteiger partial charge in [-0.3, -0.25) is 4.99 Å². The second-order valence-electron chi connectivity index (χ2n) is 4.24. The second kappa shape index (κ2) is 6.70. The summed E-state index contributed by atoms with van der Waals surface area (Å²) in [6.07, 6.45) is 2.57. The maximum absolute atomic E-state index is 5.29. The van der Waals surface area contributed by atoms with Crippen LogP contribution in [0.3, 0.4) is 0 Å². The standard InChI is InChI=1S/C16H19N3O/c1-4-14(19-12-8-6-5-7-9-12)13-10-11-18-16(20-3)15(13)17-2/h5-11,17H,4H2,1-3H3. The Morgan fingerprint density at radius 2 is 2.00 bits per heavy atom. The Hall–Kier alpha value is -2.36. The predicted molar refractivity (Wildman–Crippen MR) is 83.3 cm³/mol. The van der Waals surface area contributed by atoms with Gasteiger partial charge < -0.3 is 10.1 Å². The molecule has 0 radical (unpaired) electrons. The van der Waals surface area contributed by atoms with Gasteiger partial charge in [-0.05, 0) is 24.6 Å². The molecule has 1 heterocycles. The molecule has 4 heteroatoms. The number of methoxy groups -OCH3 is 1. The van der Waals surface area contributed by atoms with Crippen LogP contribution in [0.2, 0.25) is 0 Å². The zero-order chi connectivity index (χ0) is 14.4. The summed E-state index contributed by atoms with van der Waals surface area (Å²) in [6, 6.07) is 11.9. The maximum Gasteiger partial charge on any atom is 0.237 e. The molecule has 2 rings (SSSR count). The number of nitrogens with one attached hydrogen (secondary N) is 1. The van der Waals surface area contributed by atoms with E-state index in [4.69, 9.17) is 9.73 Å². The van der Waals surface area contributed by atoms with Gasteiger partial charge in [0.25, 0.3) is 0 Å². The highest BCUT2D eigenvalue weighted by Gasteiger charge is 2.12. The molecule has 0 amide bonds. The number of hydrogen-bond donors (Lipinski definition) is 1. The summed E-state index contributed by atoms with van der Waals surface area (Å²) in [5.41, 5.74) is 3.83. The van der Waals surface area contributed by atoms with Gasteiger partial charge in [0, 0.05) is 18.8 Å². The van der Waals surface area contributed by atoms with Gasteiger partial charge in [0.05, 0.1) is 18.5 Å². The largest absolute Gasteiger partial charge is 0.480 e. The minimum absolute atomic E-state index is 0.583. The SMILES string of the molecule is CCC(=Nc1ccccc1)c1ccnc(OC)c1NC. The molecule has 0 saturated carbocycles. The molecule has 0 saturated heterocycles. The van der Waals surface area contributed by atoms with Gasteiger partial charge in [-0.1, -0.05) is 25.1 Å². The fourth-order valence-electron chi connectivity index (χ4n) is 2.07. The van der Waals surface area contributed by atoms with Crippen LogP contribution >= 0.6 is 0 Å².